The SMILES string of the molecule is CC(C)(C)[Si](C)(C)OCCN(C#N)c1ccc(N(C(=O)c2[nH]cnc2C(N)=O)c2ccc(Cl)cn2)cc1. The number of imidazole rings is 1. The second kappa shape index (κ2) is 11.1. The lowest BCUT2D eigenvalue weighted by Gasteiger charge is -2.36. The van der Waals surface area contributed by atoms with Gasteiger partial charge in [-0.05, 0) is 54.5 Å². The monoisotopic (exact) mass is 539 g/mol. The summed E-state index contributed by atoms with van der Waals surface area (Å²) in [5.41, 5.74) is 6.22. The number of nitrogens with two attached hydrogens (primary N) is 1. The summed E-state index contributed by atoms with van der Waals surface area (Å²) >= 11 is 5.99. The van der Waals surface area contributed by atoms with Crippen LogP contribution in [-0.2, 0) is 4.43 Å². The van der Waals surface area contributed by atoms with Crippen LogP contribution in [0.15, 0.2) is 48.9 Å². The Labute approximate surface area is 222 Å². The Morgan fingerprint density at radius 3 is 2.32 bits per heavy atom. The van der Waals surface area contributed by atoms with Gasteiger partial charge in [0.1, 0.15) is 11.5 Å². The zero-order chi connectivity index (χ0) is 27.4. The van der Waals surface area contributed by atoms with E-state index in [1.54, 1.807) is 36.4 Å². The number of carbonyl (C=O) groups is 2. The van der Waals surface area contributed by atoms with Crippen LogP contribution in [-0.4, -0.2) is 48.2 Å². The summed E-state index contributed by atoms with van der Waals surface area (Å²) in [7, 11) is -1.94. The molecule has 0 saturated heterocycles. The standard InChI is InChI=1S/C25H30ClN7O3Si/c1-25(2,3)37(4,5)36-13-12-32(15-27)18-7-9-19(10-8-18)33(20-11-6-17(26)14-29-20)24(35)22-21(23(28)34)30-16-31-22/h6-11,14,16H,12-13H2,1-5H3,(H2,28,34)(H,30,31). The molecule has 1 aromatic carbocycles. The largest absolute Gasteiger partial charge is 0.415 e. The van der Waals surface area contributed by atoms with Crippen molar-refractivity contribution in [3.63, 3.8) is 0 Å². The number of primary amides is 1. The number of carbonyl (C=O) groups excluding carboxylic acids is 2. The number of amides is 2. The normalized spacial score (nSPS) is 11.6. The number of hydrogen-bond acceptors (Lipinski definition) is 7. The Kier molecular flexibility index (Phi) is 8.38. The lowest BCUT2D eigenvalue weighted by atomic mass is 10.2. The highest BCUT2D eigenvalue weighted by Crippen LogP contribution is 2.36. The average Bonchev–Trinajstić information content (AvgIpc) is 3.34. The predicted octanol–water partition coefficient (Wildman–Crippen LogP) is 4.84. The van der Waals surface area contributed by atoms with Gasteiger partial charge in [0, 0.05) is 6.20 Å². The third kappa shape index (κ3) is 6.35. The molecule has 0 spiro atoms. The van der Waals surface area contributed by atoms with Crippen LogP contribution in [0.4, 0.5) is 17.2 Å². The Morgan fingerprint density at radius 1 is 1.14 bits per heavy atom. The molecule has 0 fully saturated rings. The van der Waals surface area contributed by atoms with E-state index in [1.807, 2.05) is 0 Å². The molecule has 2 heterocycles. The fourth-order valence-corrected chi connectivity index (χ4v) is 4.38. The van der Waals surface area contributed by atoms with Crippen molar-refractivity contribution in [2.24, 2.45) is 5.73 Å². The number of H-pyrrole nitrogens is 1. The minimum atomic E-state index is -1.94. The first kappa shape index (κ1) is 27.9. The Bertz CT molecular complexity index is 1300. The van der Waals surface area contributed by atoms with E-state index >= 15 is 0 Å². The van der Waals surface area contributed by atoms with Gasteiger partial charge in [-0.3, -0.25) is 19.4 Å². The fraction of sp³-hybridized carbons (Fsp3) is 0.320. The first-order valence-corrected chi connectivity index (χ1v) is 14.8. The molecule has 37 heavy (non-hydrogen) atoms. The van der Waals surface area contributed by atoms with Crippen LogP contribution in [0.1, 0.15) is 41.7 Å². The molecule has 0 bridgehead atoms. The minimum Gasteiger partial charge on any atom is -0.415 e. The van der Waals surface area contributed by atoms with Gasteiger partial charge < -0.3 is 15.1 Å². The summed E-state index contributed by atoms with van der Waals surface area (Å²) in [6.07, 6.45) is 4.82. The molecule has 3 N–H and O–H groups in total. The molecule has 0 unspecified atom stereocenters. The summed E-state index contributed by atoms with van der Waals surface area (Å²) in [5, 5.41) is 10.2. The van der Waals surface area contributed by atoms with Gasteiger partial charge in [-0.1, -0.05) is 32.4 Å². The summed E-state index contributed by atoms with van der Waals surface area (Å²) in [4.78, 5) is 38.9. The number of hydrogen-bond donors (Lipinski definition) is 2. The van der Waals surface area contributed by atoms with E-state index in [0.29, 0.717) is 29.5 Å². The van der Waals surface area contributed by atoms with Gasteiger partial charge in [-0.15, -0.1) is 0 Å². The molecule has 0 atom stereocenters. The Balaban J connectivity index is 1.88. The smallest absolute Gasteiger partial charge is 0.282 e. The van der Waals surface area contributed by atoms with Gasteiger partial charge in [-0.25, -0.2) is 9.97 Å². The highest BCUT2D eigenvalue weighted by molar-refractivity contribution is 6.74. The maximum atomic E-state index is 13.5. The van der Waals surface area contributed by atoms with Crippen LogP contribution in [0.25, 0.3) is 0 Å². The van der Waals surface area contributed by atoms with E-state index < -0.39 is 20.1 Å². The molecule has 0 aliphatic rings. The predicted molar refractivity (Wildman–Crippen MR) is 145 cm³/mol. The third-order valence-electron chi connectivity index (χ3n) is 6.35. The van der Waals surface area contributed by atoms with E-state index in [4.69, 9.17) is 21.8 Å². The number of pyridine rings is 1. The molecule has 0 saturated carbocycles. The molecule has 0 aliphatic heterocycles. The number of nitriles is 1. The van der Waals surface area contributed by atoms with Crippen molar-refractivity contribution in [1.29, 1.82) is 5.26 Å². The van der Waals surface area contributed by atoms with Crippen LogP contribution in [0.2, 0.25) is 23.2 Å². The van der Waals surface area contributed by atoms with Crippen LogP contribution in [0.3, 0.4) is 0 Å². The molecule has 0 aliphatic carbocycles. The van der Waals surface area contributed by atoms with E-state index in [0.717, 1.165) is 0 Å². The summed E-state index contributed by atoms with van der Waals surface area (Å²) < 4.78 is 6.21. The quantitative estimate of drug-likeness (QED) is 0.225. The van der Waals surface area contributed by atoms with Crippen molar-refractivity contribution in [3.8, 4) is 6.19 Å². The molecular weight excluding hydrogens is 510 g/mol. The number of aromatic nitrogens is 3. The maximum Gasteiger partial charge on any atom is 0.282 e. The van der Waals surface area contributed by atoms with Gasteiger partial charge in [-0.2, -0.15) is 5.26 Å². The summed E-state index contributed by atoms with van der Waals surface area (Å²) in [6.45, 7) is 11.6. The number of nitrogens with one attached hydrogen (secondary N) is 1. The minimum absolute atomic E-state index is 0.0703. The van der Waals surface area contributed by atoms with Crippen molar-refractivity contribution in [2.45, 2.75) is 38.9 Å². The average molecular weight is 540 g/mol. The highest BCUT2D eigenvalue weighted by Gasteiger charge is 2.37. The number of anilines is 3. The van der Waals surface area contributed by atoms with Crippen LogP contribution in [0, 0.1) is 11.5 Å². The van der Waals surface area contributed by atoms with Gasteiger partial charge >= 0.3 is 0 Å². The van der Waals surface area contributed by atoms with Crippen molar-refractivity contribution < 1.29 is 14.0 Å². The van der Waals surface area contributed by atoms with Crippen LogP contribution in [0.5, 0.6) is 0 Å². The van der Waals surface area contributed by atoms with Crippen molar-refractivity contribution in [1.82, 2.24) is 15.0 Å². The lowest BCUT2D eigenvalue weighted by Crippen LogP contribution is -2.42. The van der Waals surface area contributed by atoms with Gasteiger partial charge in [0.2, 0.25) is 0 Å². The van der Waals surface area contributed by atoms with Crippen molar-refractivity contribution in [3.05, 3.63) is 65.3 Å². The molecule has 194 valence electrons. The molecular formula is C25H30ClN7O3Si. The second-order valence-corrected chi connectivity index (χ2v) is 15.1. The Hall–Kier alpha value is -3.72. The van der Waals surface area contributed by atoms with Crippen molar-refractivity contribution >= 4 is 48.9 Å². The zero-order valence-corrected chi connectivity index (χ0v) is 23.2. The number of nitrogens with zero attached hydrogens (tertiary/aromatic N) is 5. The van der Waals surface area contributed by atoms with Gasteiger partial charge in [0.15, 0.2) is 20.2 Å². The molecule has 3 aromatic rings. The molecule has 2 aromatic heterocycles. The number of halogens is 1. The fourth-order valence-electron chi connectivity index (χ4n) is 3.24. The van der Waals surface area contributed by atoms with Gasteiger partial charge in [0.25, 0.3) is 11.8 Å². The van der Waals surface area contributed by atoms with Crippen molar-refractivity contribution in [2.75, 3.05) is 23.0 Å². The molecule has 12 heteroatoms. The number of benzene rings is 1. The van der Waals surface area contributed by atoms with Gasteiger partial charge in [0.05, 0.1) is 35.9 Å². The first-order valence-electron chi connectivity index (χ1n) is 11.6. The van der Waals surface area contributed by atoms with Crippen LogP contribution < -0.4 is 15.5 Å². The summed E-state index contributed by atoms with van der Waals surface area (Å²) in [6, 6.07) is 9.99. The van der Waals surface area contributed by atoms with E-state index in [9.17, 15) is 14.9 Å². The summed E-state index contributed by atoms with van der Waals surface area (Å²) in [5.74, 6) is -1.16. The second-order valence-electron chi connectivity index (χ2n) is 9.84. The van der Waals surface area contributed by atoms with Crippen LogP contribution >= 0.6 is 11.6 Å². The highest BCUT2D eigenvalue weighted by atomic mass is 35.5. The lowest BCUT2D eigenvalue weighted by molar-refractivity contribution is 0.0961. The molecule has 3 rings (SSSR count). The van der Waals surface area contributed by atoms with E-state index in [1.165, 1.54) is 22.3 Å². The Morgan fingerprint density at radius 2 is 1.78 bits per heavy atom. The number of rotatable bonds is 9. The third-order valence-corrected chi connectivity index (χ3v) is 11.1. The first-order chi connectivity index (χ1) is 17.4. The molecule has 0 radical (unpaired) electrons. The van der Waals surface area contributed by atoms with E-state index in [-0.39, 0.29) is 22.2 Å². The zero-order valence-electron chi connectivity index (χ0n) is 21.4. The molecule has 10 nitrogen and oxygen atoms in total. The number of aromatic amines is 1. The molecule has 2 amide bonds. The van der Waals surface area contributed by atoms with E-state index in [2.05, 4.69) is 55.0 Å². The maximum absolute atomic E-state index is 13.5. The topological polar surface area (TPSA) is 141 Å².